The molecule has 0 aliphatic carbocycles. The summed E-state index contributed by atoms with van der Waals surface area (Å²) in [5.41, 5.74) is 2.94. The highest BCUT2D eigenvalue weighted by atomic mass is 19.1. The molecule has 0 radical (unpaired) electrons. The summed E-state index contributed by atoms with van der Waals surface area (Å²) in [5, 5.41) is 6.14. The van der Waals surface area contributed by atoms with Crippen molar-refractivity contribution in [2.45, 2.75) is 19.9 Å². The maximum Gasteiger partial charge on any atom is 0.251 e. The van der Waals surface area contributed by atoms with Crippen LogP contribution in [0, 0.1) is 5.82 Å². The Hall–Kier alpha value is -4.26. The normalized spacial score (nSPS) is 10.5. The van der Waals surface area contributed by atoms with Gasteiger partial charge in [0.2, 0.25) is 0 Å². The van der Waals surface area contributed by atoms with E-state index in [0.29, 0.717) is 41.6 Å². The van der Waals surface area contributed by atoms with E-state index in [-0.39, 0.29) is 11.7 Å². The molecule has 0 atom stereocenters. The fraction of sp³-hybridized carbons (Fsp3) is 0.148. The molecule has 34 heavy (non-hydrogen) atoms. The summed E-state index contributed by atoms with van der Waals surface area (Å²) in [6.07, 6.45) is 2.58. The summed E-state index contributed by atoms with van der Waals surface area (Å²) in [6, 6.07) is 22.6. The molecule has 0 aliphatic rings. The molecular formula is C27H25FN4O2. The standard InChI is InChI=1S/C27H25FN4O2/c1-2-16-34-24-12-6-19(7-13-24)18-30-27(33)21-4-3-5-23(17-21)31-25-14-15-29-26(32-25)20-8-10-22(28)11-9-20/h3-15,17H,2,16,18H2,1H3,(H,30,33)(H,29,31,32). The van der Waals surface area contributed by atoms with Crippen LogP contribution in [0.5, 0.6) is 5.75 Å². The molecule has 0 unspecified atom stereocenters. The van der Waals surface area contributed by atoms with Crippen LogP contribution < -0.4 is 15.4 Å². The van der Waals surface area contributed by atoms with Crippen molar-refractivity contribution < 1.29 is 13.9 Å². The molecule has 172 valence electrons. The third-order valence-corrected chi connectivity index (χ3v) is 5.00. The summed E-state index contributed by atoms with van der Waals surface area (Å²) >= 11 is 0. The van der Waals surface area contributed by atoms with Gasteiger partial charge in [0, 0.05) is 29.6 Å². The number of nitrogens with zero attached hydrogens (tertiary/aromatic N) is 2. The Morgan fingerprint density at radius 2 is 1.79 bits per heavy atom. The van der Waals surface area contributed by atoms with Gasteiger partial charge in [-0.1, -0.05) is 25.1 Å². The molecule has 7 heteroatoms. The molecule has 0 saturated carbocycles. The van der Waals surface area contributed by atoms with Gasteiger partial charge in [0.1, 0.15) is 17.4 Å². The number of nitrogens with one attached hydrogen (secondary N) is 2. The molecule has 0 aliphatic heterocycles. The fourth-order valence-corrected chi connectivity index (χ4v) is 3.26. The lowest BCUT2D eigenvalue weighted by atomic mass is 10.1. The number of carbonyl (C=O) groups excluding carboxylic acids is 1. The van der Waals surface area contributed by atoms with E-state index >= 15 is 0 Å². The van der Waals surface area contributed by atoms with E-state index < -0.39 is 0 Å². The lowest BCUT2D eigenvalue weighted by Gasteiger charge is -2.10. The smallest absolute Gasteiger partial charge is 0.251 e. The largest absolute Gasteiger partial charge is 0.494 e. The molecule has 0 saturated heterocycles. The van der Waals surface area contributed by atoms with Gasteiger partial charge in [-0.3, -0.25) is 4.79 Å². The van der Waals surface area contributed by atoms with Crippen LogP contribution in [0.2, 0.25) is 0 Å². The highest BCUT2D eigenvalue weighted by molar-refractivity contribution is 5.95. The molecule has 1 amide bonds. The molecule has 3 aromatic carbocycles. The average Bonchev–Trinajstić information content (AvgIpc) is 2.87. The summed E-state index contributed by atoms with van der Waals surface area (Å²) in [5.74, 6) is 1.38. The Morgan fingerprint density at radius 3 is 2.56 bits per heavy atom. The van der Waals surface area contributed by atoms with Crippen molar-refractivity contribution in [3.63, 3.8) is 0 Å². The number of benzene rings is 3. The summed E-state index contributed by atoms with van der Waals surface area (Å²) in [6.45, 7) is 3.16. The average molecular weight is 457 g/mol. The zero-order valence-electron chi connectivity index (χ0n) is 18.8. The summed E-state index contributed by atoms with van der Waals surface area (Å²) in [7, 11) is 0. The van der Waals surface area contributed by atoms with Crippen molar-refractivity contribution >= 4 is 17.4 Å². The van der Waals surface area contributed by atoms with Crippen LogP contribution in [0.3, 0.4) is 0 Å². The minimum Gasteiger partial charge on any atom is -0.494 e. The number of halogens is 1. The van der Waals surface area contributed by atoms with E-state index in [0.717, 1.165) is 17.7 Å². The lowest BCUT2D eigenvalue weighted by Crippen LogP contribution is -2.22. The molecule has 6 nitrogen and oxygen atoms in total. The Kier molecular flexibility index (Phi) is 7.45. The van der Waals surface area contributed by atoms with Gasteiger partial charge >= 0.3 is 0 Å². The summed E-state index contributed by atoms with van der Waals surface area (Å²) < 4.78 is 18.8. The van der Waals surface area contributed by atoms with Gasteiger partial charge in [-0.25, -0.2) is 14.4 Å². The minimum absolute atomic E-state index is 0.176. The topological polar surface area (TPSA) is 76.1 Å². The number of aromatic nitrogens is 2. The Labute approximate surface area is 197 Å². The van der Waals surface area contributed by atoms with E-state index in [1.165, 1.54) is 12.1 Å². The second-order valence-corrected chi connectivity index (χ2v) is 7.65. The van der Waals surface area contributed by atoms with E-state index in [9.17, 15) is 9.18 Å². The van der Waals surface area contributed by atoms with Crippen molar-refractivity contribution in [2.75, 3.05) is 11.9 Å². The molecule has 1 heterocycles. The monoisotopic (exact) mass is 456 g/mol. The first-order chi connectivity index (χ1) is 16.6. The quantitative estimate of drug-likeness (QED) is 0.336. The first kappa shape index (κ1) is 22.9. The van der Waals surface area contributed by atoms with Crippen LogP contribution in [0.4, 0.5) is 15.9 Å². The van der Waals surface area contributed by atoms with Crippen molar-refractivity contribution in [2.24, 2.45) is 0 Å². The van der Waals surface area contributed by atoms with Gasteiger partial charge in [-0.15, -0.1) is 0 Å². The first-order valence-electron chi connectivity index (χ1n) is 11.1. The van der Waals surface area contributed by atoms with Gasteiger partial charge in [0.05, 0.1) is 6.61 Å². The third-order valence-electron chi connectivity index (χ3n) is 5.00. The van der Waals surface area contributed by atoms with Gasteiger partial charge in [0.25, 0.3) is 5.91 Å². The molecule has 0 spiro atoms. The highest BCUT2D eigenvalue weighted by Crippen LogP contribution is 2.20. The maximum absolute atomic E-state index is 13.2. The molecule has 0 bridgehead atoms. The number of rotatable bonds is 9. The Balaban J connectivity index is 1.38. The zero-order chi connectivity index (χ0) is 23.8. The van der Waals surface area contributed by atoms with E-state index in [4.69, 9.17) is 4.74 Å². The van der Waals surface area contributed by atoms with Crippen LogP contribution in [0.1, 0.15) is 29.3 Å². The van der Waals surface area contributed by atoms with Gasteiger partial charge < -0.3 is 15.4 Å². The third kappa shape index (κ3) is 6.16. The lowest BCUT2D eigenvalue weighted by molar-refractivity contribution is 0.0951. The molecule has 2 N–H and O–H groups in total. The van der Waals surface area contributed by atoms with E-state index in [2.05, 4.69) is 27.5 Å². The fourth-order valence-electron chi connectivity index (χ4n) is 3.26. The second-order valence-electron chi connectivity index (χ2n) is 7.65. The van der Waals surface area contributed by atoms with Crippen molar-refractivity contribution in [3.05, 3.63) is 102 Å². The van der Waals surface area contributed by atoms with Crippen LogP contribution in [0.25, 0.3) is 11.4 Å². The number of amides is 1. The van der Waals surface area contributed by atoms with Crippen LogP contribution >= 0.6 is 0 Å². The second kappa shape index (κ2) is 11.0. The first-order valence-corrected chi connectivity index (χ1v) is 11.1. The van der Waals surface area contributed by atoms with Crippen molar-refractivity contribution in [3.8, 4) is 17.1 Å². The van der Waals surface area contributed by atoms with Crippen LogP contribution in [-0.2, 0) is 6.54 Å². The maximum atomic E-state index is 13.2. The van der Waals surface area contributed by atoms with Crippen molar-refractivity contribution in [1.29, 1.82) is 0 Å². The van der Waals surface area contributed by atoms with Gasteiger partial charge in [-0.05, 0) is 72.6 Å². The molecule has 1 aromatic heterocycles. The number of ether oxygens (including phenoxy) is 1. The van der Waals surface area contributed by atoms with Gasteiger partial charge in [-0.2, -0.15) is 0 Å². The number of hydrogen-bond donors (Lipinski definition) is 2. The Bertz CT molecular complexity index is 1240. The van der Waals surface area contributed by atoms with E-state index in [1.807, 2.05) is 30.3 Å². The Morgan fingerprint density at radius 1 is 1.00 bits per heavy atom. The predicted molar refractivity (Wildman–Crippen MR) is 131 cm³/mol. The SMILES string of the molecule is CCCOc1ccc(CNC(=O)c2cccc(Nc3ccnc(-c4ccc(F)cc4)n3)c2)cc1. The van der Waals surface area contributed by atoms with Crippen LogP contribution in [0.15, 0.2) is 85.1 Å². The number of anilines is 2. The summed E-state index contributed by atoms with van der Waals surface area (Å²) in [4.78, 5) is 21.4. The molecular weight excluding hydrogens is 431 g/mol. The molecule has 0 fully saturated rings. The molecule has 4 rings (SSSR count). The van der Waals surface area contributed by atoms with E-state index in [1.54, 1.807) is 42.6 Å². The zero-order valence-corrected chi connectivity index (χ0v) is 18.8. The predicted octanol–water partition coefficient (Wildman–Crippen LogP) is 5.75. The highest BCUT2D eigenvalue weighted by Gasteiger charge is 2.08. The number of carbonyl (C=O) groups is 1. The minimum atomic E-state index is -0.314. The number of hydrogen-bond acceptors (Lipinski definition) is 5. The van der Waals surface area contributed by atoms with Gasteiger partial charge in [0.15, 0.2) is 5.82 Å². The molecule has 4 aromatic rings. The van der Waals surface area contributed by atoms with Crippen LogP contribution in [-0.4, -0.2) is 22.5 Å². The van der Waals surface area contributed by atoms with Crippen molar-refractivity contribution in [1.82, 2.24) is 15.3 Å².